The SMILES string of the molecule is CC(=O)c1ncccc1C(=O)NC(C)CC(C)CN(C)C. The Morgan fingerprint density at radius 2 is 2.00 bits per heavy atom. The Bertz CT molecular complexity index is 500. The number of Topliss-reactive ketones (excluding diaryl/α,β-unsaturated/α-hetero) is 1. The minimum absolute atomic E-state index is 0.0486. The molecule has 21 heavy (non-hydrogen) atoms. The van der Waals surface area contributed by atoms with E-state index in [2.05, 4.69) is 22.1 Å². The van der Waals surface area contributed by atoms with Crippen LogP contribution in [0, 0.1) is 5.92 Å². The van der Waals surface area contributed by atoms with Crippen molar-refractivity contribution in [3.63, 3.8) is 0 Å². The second kappa shape index (κ2) is 7.88. The third-order valence-electron chi connectivity index (χ3n) is 3.20. The van der Waals surface area contributed by atoms with Crippen molar-refractivity contribution in [2.24, 2.45) is 5.92 Å². The summed E-state index contributed by atoms with van der Waals surface area (Å²) >= 11 is 0. The van der Waals surface area contributed by atoms with E-state index in [-0.39, 0.29) is 23.4 Å². The average molecular weight is 291 g/mol. The maximum Gasteiger partial charge on any atom is 0.253 e. The third-order valence-corrected chi connectivity index (χ3v) is 3.20. The summed E-state index contributed by atoms with van der Waals surface area (Å²) in [5, 5.41) is 2.95. The van der Waals surface area contributed by atoms with Gasteiger partial charge in [-0.3, -0.25) is 14.6 Å². The molecule has 1 aromatic heterocycles. The zero-order valence-electron chi connectivity index (χ0n) is 13.5. The summed E-state index contributed by atoms with van der Waals surface area (Å²) in [4.78, 5) is 29.9. The number of amides is 1. The molecule has 2 atom stereocenters. The lowest BCUT2D eigenvalue weighted by Crippen LogP contribution is -2.36. The summed E-state index contributed by atoms with van der Waals surface area (Å²) < 4.78 is 0. The van der Waals surface area contributed by atoms with Gasteiger partial charge in [-0.2, -0.15) is 0 Å². The summed E-state index contributed by atoms with van der Waals surface area (Å²) in [5.74, 6) is 0.0451. The van der Waals surface area contributed by atoms with Crippen LogP contribution in [0.3, 0.4) is 0 Å². The molecule has 0 fully saturated rings. The fourth-order valence-electron chi connectivity index (χ4n) is 2.53. The summed E-state index contributed by atoms with van der Waals surface area (Å²) in [7, 11) is 4.07. The van der Waals surface area contributed by atoms with Crippen molar-refractivity contribution in [2.45, 2.75) is 33.2 Å². The molecule has 0 radical (unpaired) electrons. The Hall–Kier alpha value is -1.75. The molecule has 0 bridgehead atoms. The van der Waals surface area contributed by atoms with E-state index in [9.17, 15) is 9.59 Å². The molecule has 0 spiro atoms. The molecule has 0 aromatic carbocycles. The molecular weight excluding hydrogens is 266 g/mol. The summed E-state index contributed by atoms with van der Waals surface area (Å²) in [6.45, 7) is 6.54. The zero-order valence-corrected chi connectivity index (χ0v) is 13.5. The number of nitrogens with zero attached hydrogens (tertiary/aromatic N) is 2. The predicted octanol–water partition coefficient (Wildman–Crippen LogP) is 1.99. The van der Waals surface area contributed by atoms with Crippen LogP contribution in [0.1, 0.15) is 48.0 Å². The van der Waals surface area contributed by atoms with Crippen LogP contribution < -0.4 is 5.32 Å². The van der Waals surface area contributed by atoms with Crippen LogP contribution >= 0.6 is 0 Å². The number of carbonyl (C=O) groups excluding carboxylic acids is 2. The molecule has 0 aliphatic carbocycles. The first-order valence-electron chi connectivity index (χ1n) is 7.22. The normalized spacial score (nSPS) is 13.8. The average Bonchev–Trinajstić information content (AvgIpc) is 2.37. The number of hydrogen-bond acceptors (Lipinski definition) is 4. The van der Waals surface area contributed by atoms with E-state index in [1.807, 2.05) is 21.0 Å². The van der Waals surface area contributed by atoms with Crippen molar-refractivity contribution in [3.05, 3.63) is 29.6 Å². The Morgan fingerprint density at radius 3 is 2.57 bits per heavy atom. The Balaban J connectivity index is 2.67. The van der Waals surface area contributed by atoms with Gasteiger partial charge in [-0.05, 0) is 45.5 Å². The van der Waals surface area contributed by atoms with Gasteiger partial charge in [0, 0.05) is 25.7 Å². The van der Waals surface area contributed by atoms with Crippen molar-refractivity contribution >= 4 is 11.7 Å². The Kier molecular flexibility index (Phi) is 6.49. The molecule has 5 nitrogen and oxygen atoms in total. The van der Waals surface area contributed by atoms with Crippen molar-refractivity contribution < 1.29 is 9.59 Å². The molecule has 116 valence electrons. The number of nitrogens with one attached hydrogen (secondary N) is 1. The molecule has 0 aliphatic rings. The minimum atomic E-state index is -0.238. The number of aromatic nitrogens is 1. The molecule has 2 unspecified atom stereocenters. The maximum atomic E-state index is 12.3. The van der Waals surface area contributed by atoms with Gasteiger partial charge >= 0.3 is 0 Å². The second-order valence-electron chi connectivity index (χ2n) is 5.93. The van der Waals surface area contributed by atoms with Gasteiger partial charge in [-0.15, -0.1) is 0 Å². The molecule has 0 saturated heterocycles. The molecule has 1 rings (SSSR count). The van der Waals surface area contributed by atoms with Gasteiger partial charge in [-0.25, -0.2) is 0 Å². The van der Waals surface area contributed by atoms with E-state index in [4.69, 9.17) is 0 Å². The zero-order chi connectivity index (χ0) is 16.0. The maximum absolute atomic E-state index is 12.3. The molecule has 1 heterocycles. The number of carbonyl (C=O) groups is 2. The van der Waals surface area contributed by atoms with E-state index in [0.717, 1.165) is 13.0 Å². The first-order valence-corrected chi connectivity index (χ1v) is 7.22. The monoisotopic (exact) mass is 291 g/mol. The lowest BCUT2D eigenvalue weighted by Gasteiger charge is -2.21. The molecular formula is C16H25N3O2. The highest BCUT2D eigenvalue weighted by Gasteiger charge is 2.18. The topological polar surface area (TPSA) is 62.3 Å². The van der Waals surface area contributed by atoms with Crippen LogP contribution in [-0.2, 0) is 0 Å². The Morgan fingerprint density at radius 1 is 1.33 bits per heavy atom. The largest absolute Gasteiger partial charge is 0.350 e. The fraction of sp³-hybridized carbons (Fsp3) is 0.562. The first-order chi connectivity index (χ1) is 9.81. The highest BCUT2D eigenvalue weighted by atomic mass is 16.2. The summed E-state index contributed by atoms with van der Waals surface area (Å²) in [6.07, 6.45) is 2.41. The Labute approximate surface area is 126 Å². The molecule has 5 heteroatoms. The van der Waals surface area contributed by atoms with Crippen LogP contribution in [-0.4, -0.2) is 48.3 Å². The van der Waals surface area contributed by atoms with Crippen LogP contribution in [0.2, 0.25) is 0 Å². The van der Waals surface area contributed by atoms with E-state index < -0.39 is 0 Å². The summed E-state index contributed by atoms with van der Waals surface area (Å²) in [6, 6.07) is 3.35. The predicted molar refractivity (Wildman–Crippen MR) is 83.5 cm³/mol. The van der Waals surface area contributed by atoms with Crippen molar-refractivity contribution in [2.75, 3.05) is 20.6 Å². The van der Waals surface area contributed by atoms with Gasteiger partial charge in [0.05, 0.1) is 5.56 Å². The van der Waals surface area contributed by atoms with Gasteiger partial charge < -0.3 is 10.2 Å². The molecule has 1 aromatic rings. The van der Waals surface area contributed by atoms with Gasteiger partial charge in [-0.1, -0.05) is 6.92 Å². The second-order valence-corrected chi connectivity index (χ2v) is 5.93. The van der Waals surface area contributed by atoms with Crippen molar-refractivity contribution in [1.82, 2.24) is 15.2 Å². The van der Waals surface area contributed by atoms with E-state index in [0.29, 0.717) is 11.5 Å². The van der Waals surface area contributed by atoms with E-state index in [1.165, 1.54) is 13.1 Å². The molecule has 1 N–H and O–H groups in total. The first kappa shape index (κ1) is 17.3. The van der Waals surface area contributed by atoms with Gasteiger partial charge in [0.1, 0.15) is 5.69 Å². The standard InChI is InChI=1S/C16H25N3O2/c1-11(10-19(4)5)9-12(2)18-16(21)14-7-6-8-17-15(14)13(3)20/h6-8,11-12H,9-10H2,1-5H3,(H,18,21). The van der Waals surface area contributed by atoms with Crippen molar-refractivity contribution in [3.8, 4) is 0 Å². The van der Waals surface area contributed by atoms with Crippen LogP contribution in [0.15, 0.2) is 18.3 Å². The van der Waals surface area contributed by atoms with E-state index in [1.54, 1.807) is 12.1 Å². The molecule has 0 aliphatic heterocycles. The third kappa shape index (κ3) is 5.63. The number of pyridine rings is 1. The van der Waals surface area contributed by atoms with Gasteiger partial charge in [0.2, 0.25) is 0 Å². The molecule has 0 saturated carbocycles. The number of ketones is 1. The fourth-order valence-corrected chi connectivity index (χ4v) is 2.53. The number of hydrogen-bond donors (Lipinski definition) is 1. The van der Waals surface area contributed by atoms with Gasteiger partial charge in [0.15, 0.2) is 5.78 Å². The highest BCUT2D eigenvalue weighted by molar-refractivity contribution is 6.05. The van der Waals surface area contributed by atoms with Gasteiger partial charge in [0.25, 0.3) is 5.91 Å². The highest BCUT2D eigenvalue weighted by Crippen LogP contribution is 2.10. The summed E-state index contributed by atoms with van der Waals surface area (Å²) in [5.41, 5.74) is 0.570. The van der Waals surface area contributed by atoms with Crippen LogP contribution in [0.5, 0.6) is 0 Å². The minimum Gasteiger partial charge on any atom is -0.350 e. The molecule has 1 amide bonds. The number of rotatable bonds is 7. The smallest absolute Gasteiger partial charge is 0.253 e. The lowest BCUT2D eigenvalue weighted by molar-refractivity contribution is 0.0920. The van der Waals surface area contributed by atoms with Crippen LogP contribution in [0.4, 0.5) is 0 Å². The lowest BCUT2D eigenvalue weighted by atomic mass is 10.0. The van der Waals surface area contributed by atoms with Crippen LogP contribution in [0.25, 0.3) is 0 Å². The van der Waals surface area contributed by atoms with E-state index >= 15 is 0 Å². The quantitative estimate of drug-likeness (QED) is 0.780. The van der Waals surface area contributed by atoms with Crippen molar-refractivity contribution in [1.29, 1.82) is 0 Å².